The number of benzene rings is 2. The van der Waals surface area contributed by atoms with Gasteiger partial charge in [-0.1, -0.05) is 48.0 Å². The highest BCUT2D eigenvalue weighted by Gasteiger charge is 2.20. The number of nitrogens with two attached hydrogens (primary N) is 1. The Balaban J connectivity index is 2.33. The summed E-state index contributed by atoms with van der Waals surface area (Å²) in [7, 11) is 0. The Hall–Kier alpha value is -0.960. The minimum atomic E-state index is 0.0320. The number of halogens is 1. The highest BCUT2D eigenvalue weighted by molar-refractivity contribution is 7.99. The maximum atomic E-state index is 6.30. The first-order valence-electron chi connectivity index (χ1n) is 6.32. The molecular formula is C16H18ClNS. The standard InChI is InChI=1S/C16H18ClNS/c1-11-7-3-6-10-15(11)19-16(12(2)18)13-8-4-5-9-14(13)17/h3-10,12,16H,18H2,1-2H3. The highest BCUT2D eigenvalue weighted by Crippen LogP contribution is 2.40. The van der Waals surface area contributed by atoms with Gasteiger partial charge in [-0.2, -0.15) is 0 Å². The van der Waals surface area contributed by atoms with E-state index in [-0.39, 0.29) is 11.3 Å². The lowest BCUT2D eigenvalue weighted by Crippen LogP contribution is -2.22. The maximum Gasteiger partial charge on any atom is 0.0507 e. The summed E-state index contributed by atoms with van der Waals surface area (Å²) in [6.45, 7) is 4.15. The van der Waals surface area contributed by atoms with E-state index in [0.717, 1.165) is 10.6 Å². The Kier molecular flexibility index (Phi) is 4.92. The summed E-state index contributed by atoms with van der Waals surface area (Å²) in [5.41, 5.74) is 8.53. The molecule has 0 heterocycles. The summed E-state index contributed by atoms with van der Waals surface area (Å²) in [5.74, 6) is 0. The molecule has 2 aromatic carbocycles. The lowest BCUT2D eigenvalue weighted by Gasteiger charge is -2.22. The van der Waals surface area contributed by atoms with Crippen molar-refractivity contribution in [3.63, 3.8) is 0 Å². The third-order valence-electron chi connectivity index (χ3n) is 3.04. The van der Waals surface area contributed by atoms with E-state index < -0.39 is 0 Å². The monoisotopic (exact) mass is 291 g/mol. The zero-order valence-corrected chi connectivity index (χ0v) is 12.7. The molecule has 0 radical (unpaired) electrons. The van der Waals surface area contributed by atoms with E-state index in [4.69, 9.17) is 17.3 Å². The van der Waals surface area contributed by atoms with Crippen molar-refractivity contribution in [3.8, 4) is 0 Å². The molecule has 2 unspecified atom stereocenters. The number of aryl methyl sites for hydroxylation is 1. The molecule has 0 spiro atoms. The van der Waals surface area contributed by atoms with E-state index >= 15 is 0 Å². The first-order chi connectivity index (χ1) is 9.09. The van der Waals surface area contributed by atoms with Crippen molar-refractivity contribution in [2.45, 2.75) is 30.0 Å². The summed E-state index contributed by atoms with van der Waals surface area (Å²) in [4.78, 5) is 1.25. The molecule has 19 heavy (non-hydrogen) atoms. The van der Waals surface area contributed by atoms with Gasteiger partial charge in [0.15, 0.2) is 0 Å². The molecule has 0 aliphatic carbocycles. The average Bonchev–Trinajstić information content (AvgIpc) is 2.38. The smallest absolute Gasteiger partial charge is 0.0507 e. The summed E-state index contributed by atoms with van der Waals surface area (Å²) in [6.07, 6.45) is 0. The molecule has 0 aliphatic heterocycles. The second-order valence-corrected chi connectivity index (χ2v) is 6.28. The van der Waals surface area contributed by atoms with Crippen LogP contribution >= 0.6 is 23.4 Å². The SMILES string of the molecule is Cc1ccccc1SC(c1ccccc1Cl)C(C)N. The average molecular weight is 292 g/mol. The van der Waals surface area contributed by atoms with Crippen LogP contribution in [0.4, 0.5) is 0 Å². The predicted molar refractivity (Wildman–Crippen MR) is 84.9 cm³/mol. The minimum Gasteiger partial charge on any atom is -0.327 e. The van der Waals surface area contributed by atoms with E-state index in [2.05, 4.69) is 37.3 Å². The van der Waals surface area contributed by atoms with Crippen molar-refractivity contribution < 1.29 is 0 Å². The molecule has 2 rings (SSSR count). The van der Waals surface area contributed by atoms with E-state index in [0.29, 0.717) is 0 Å². The molecule has 2 atom stereocenters. The molecule has 0 amide bonds. The number of hydrogen-bond donors (Lipinski definition) is 1. The van der Waals surface area contributed by atoms with Crippen LogP contribution in [0.15, 0.2) is 53.4 Å². The first kappa shape index (κ1) is 14.4. The molecule has 0 aromatic heterocycles. The predicted octanol–water partition coefficient (Wildman–Crippen LogP) is 4.83. The van der Waals surface area contributed by atoms with Crippen LogP contribution in [0, 0.1) is 6.92 Å². The van der Waals surface area contributed by atoms with Gasteiger partial charge in [-0.15, -0.1) is 11.8 Å². The summed E-state index contributed by atoms with van der Waals surface area (Å²) < 4.78 is 0. The van der Waals surface area contributed by atoms with Gasteiger partial charge in [0.2, 0.25) is 0 Å². The summed E-state index contributed by atoms with van der Waals surface area (Å²) >= 11 is 8.08. The molecule has 0 fully saturated rings. The summed E-state index contributed by atoms with van der Waals surface area (Å²) in [6, 6.07) is 16.3. The van der Waals surface area contributed by atoms with Crippen LogP contribution in [-0.2, 0) is 0 Å². The molecule has 100 valence electrons. The van der Waals surface area contributed by atoms with E-state index in [1.165, 1.54) is 10.5 Å². The van der Waals surface area contributed by atoms with Crippen LogP contribution in [0.3, 0.4) is 0 Å². The minimum absolute atomic E-state index is 0.0320. The number of hydrogen-bond acceptors (Lipinski definition) is 2. The van der Waals surface area contributed by atoms with Gasteiger partial charge in [-0.25, -0.2) is 0 Å². The molecule has 0 saturated carbocycles. The van der Waals surface area contributed by atoms with Crippen molar-refractivity contribution >= 4 is 23.4 Å². The molecule has 2 aromatic rings. The Labute approximate surface area is 124 Å². The third kappa shape index (κ3) is 3.53. The Morgan fingerprint density at radius 1 is 1.05 bits per heavy atom. The van der Waals surface area contributed by atoms with Gasteiger partial charge < -0.3 is 5.73 Å². The van der Waals surface area contributed by atoms with Gasteiger partial charge in [-0.3, -0.25) is 0 Å². The molecule has 2 N–H and O–H groups in total. The molecule has 0 saturated heterocycles. The largest absolute Gasteiger partial charge is 0.327 e. The van der Waals surface area contributed by atoms with Crippen molar-refractivity contribution in [1.29, 1.82) is 0 Å². The summed E-state index contributed by atoms with van der Waals surface area (Å²) in [5, 5.41) is 0.945. The van der Waals surface area contributed by atoms with Crippen molar-refractivity contribution in [1.82, 2.24) is 0 Å². The van der Waals surface area contributed by atoms with E-state index in [9.17, 15) is 0 Å². The molecule has 1 nitrogen and oxygen atoms in total. The fourth-order valence-corrected chi connectivity index (χ4v) is 3.54. The molecular weight excluding hydrogens is 274 g/mol. The Morgan fingerprint density at radius 2 is 1.68 bits per heavy atom. The maximum absolute atomic E-state index is 6.30. The van der Waals surface area contributed by atoms with Crippen molar-refractivity contribution in [3.05, 3.63) is 64.7 Å². The quantitative estimate of drug-likeness (QED) is 0.817. The van der Waals surface area contributed by atoms with Gasteiger partial charge >= 0.3 is 0 Å². The van der Waals surface area contributed by atoms with Gasteiger partial charge in [0.25, 0.3) is 0 Å². The molecule has 3 heteroatoms. The first-order valence-corrected chi connectivity index (χ1v) is 7.57. The zero-order chi connectivity index (χ0) is 13.8. The van der Waals surface area contributed by atoms with Crippen LogP contribution in [0.5, 0.6) is 0 Å². The van der Waals surface area contributed by atoms with Crippen LogP contribution in [0.1, 0.15) is 23.3 Å². The Morgan fingerprint density at radius 3 is 2.32 bits per heavy atom. The third-order valence-corrected chi connectivity index (χ3v) is 5.03. The lowest BCUT2D eigenvalue weighted by molar-refractivity contribution is 0.721. The Bertz CT molecular complexity index is 554. The van der Waals surface area contributed by atoms with Crippen LogP contribution < -0.4 is 5.73 Å². The van der Waals surface area contributed by atoms with Gasteiger partial charge in [0.1, 0.15) is 0 Å². The topological polar surface area (TPSA) is 26.0 Å². The van der Waals surface area contributed by atoms with Gasteiger partial charge in [0.05, 0.1) is 5.25 Å². The van der Waals surface area contributed by atoms with E-state index in [1.807, 2.05) is 25.1 Å². The van der Waals surface area contributed by atoms with Crippen LogP contribution in [0.25, 0.3) is 0 Å². The normalized spacial score (nSPS) is 14.1. The van der Waals surface area contributed by atoms with Crippen LogP contribution in [-0.4, -0.2) is 6.04 Å². The molecule has 0 bridgehead atoms. The van der Waals surface area contributed by atoms with Crippen LogP contribution in [0.2, 0.25) is 5.02 Å². The van der Waals surface area contributed by atoms with Gasteiger partial charge in [0, 0.05) is 16.0 Å². The number of thioether (sulfide) groups is 1. The lowest BCUT2D eigenvalue weighted by atomic mass is 10.1. The van der Waals surface area contributed by atoms with Crippen molar-refractivity contribution in [2.75, 3.05) is 0 Å². The van der Waals surface area contributed by atoms with E-state index in [1.54, 1.807) is 11.8 Å². The van der Waals surface area contributed by atoms with Gasteiger partial charge in [-0.05, 0) is 37.1 Å². The second kappa shape index (κ2) is 6.47. The highest BCUT2D eigenvalue weighted by atomic mass is 35.5. The molecule has 0 aliphatic rings. The zero-order valence-electron chi connectivity index (χ0n) is 11.1. The fourth-order valence-electron chi connectivity index (χ4n) is 1.99. The number of rotatable bonds is 4. The second-order valence-electron chi connectivity index (χ2n) is 4.68. The van der Waals surface area contributed by atoms with Crippen molar-refractivity contribution in [2.24, 2.45) is 5.73 Å². The fraction of sp³-hybridized carbons (Fsp3) is 0.250.